The standard InChI is InChI=1S/C15H24O3Si/c1-6-13-9-11-14(12-10-13)15(7-2)18-19(8-3,16-4)17-5/h6,9-12,15H,1,7-8H2,2-5H3. The highest BCUT2D eigenvalue weighted by molar-refractivity contribution is 6.60. The highest BCUT2D eigenvalue weighted by Crippen LogP contribution is 2.28. The molecule has 0 bridgehead atoms. The van der Waals surface area contributed by atoms with Gasteiger partial charge < -0.3 is 13.3 Å². The third-order valence-corrected chi connectivity index (χ3v) is 6.05. The van der Waals surface area contributed by atoms with Gasteiger partial charge in [0, 0.05) is 20.3 Å². The van der Waals surface area contributed by atoms with Gasteiger partial charge in [-0.05, 0) is 17.5 Å². The van der Waals surface area contributed by atoms with Gasteiger partial charge >= 0.3 is 8.80 Å². The first-order valence-electron chi connectivity index (χ1n) is 6.65. The van der Waals surface area contributed by atoms with E-state index in [2.05, 4.69) is 25.6 Å². The van der Waals surface area contributed by atoms with Gasteiger partial charge in [-0.3, -0.25) is 0 Å². The van der Waals surface area contributed by atoms with Crippen molar-refractivity contribution >= 4 is 14.9 Å². The van der Waals surface area contributed by atoms with E-state index in [-0.39, 0.29) is 6.10 Å². The fourth-order valence-corrected chi connectivity index (χ4v) is 3.84. The third-order valence-electron chi connectivity index (χ3n) is 3.29. The number of hydrogen-bond acceptors (Lipinski definition) is 3. The highest BCUT2D eigenvalue weighted by Gasteiger charge is 2.39. The topological polar surface area (TPSA) is 27.7 Å². The van der Waals surface area contributed by atoms with Gasteiger partial charge in [-0.2, -0.15) is 0 Å². The average molecular weight is 280 g/mol. The van der Waals surface area contributed by atoms with Crippen LogP contribution in [0.15, 0.2) is 30.8 Å². The van der Waals surface area contributed by atoms with E-state index in [0.29, 0.717) is 0 Å². The van der Waals surface area contributed by atoms with Crippen molar-refractivity contribution < 1.29 is 13.3 Å². The summed E-state index contributed by atoms with van der Waals surface area (Å²) in [6.45, 7) is 7.90. The second-order valence-corrected chi connectivity index (χ2v) is 7.46. The third kappa shape index (κ3) is 4.01. The quantitative estimate of drug-likeness (QED) is 0.672. The zero-order chi connectivity index (χ0) is 14.3. The normalized spacial score (nSPS) is 13.3. The van der Waals surface area contributed by atoms with Crippen molar-refractivity contribution in [3.8, 4) is 0 Å². The van der Waals surface area contributed by atoms with Crippen molar-refractivity contribution in [1.29, 1.82) is 0 Å². The van der Waals surface area contributed by atoms with Crippen molar-refractivity contribution in [1.82, 2.24) is 0 Å². The molecule has 1 atom stereocenters. The SMILES string of the molecule is C=Cc1ccc(C(CC)O[Si](CC)(OC)OC)cc1. The maximum absolute atomic E-state index is 6.16. The minimum absolute atomic E-state index is 0.00498. The molecule has 0 radical (unpaired) electrons. The summed E-state index contributed by atoms with van der Waals surface area (Å²) in [4.78, 5) is 0. The molecule has 1 unspecified atom stereocenters. The molecule has 0 aliphatic carbocycles. The predicted molar refractivity (Wildman–Crippen MR) is 80.9 cm³/mol. The van der Waals surface area contributed by atoms with E-state index in [9.17, 15) is 0 Å². The van der Waals surface area contributed by atoms with Crippen molar-refractivity contribution in [3.63, 3.8) is 0 Å². The van der Waals surface area contributed by atoms with Crippen LogP contribution in [0.25, 0.3) is 6.08 Å². The molecule has 3 nitrogen and oxygen atoms in total. The number of rotatable bonds is 8. The predicted octanol–water partition coefficient (Wildman–Crippen LogP) is 4.05. The summed E-state index contributed by atoms with van der Waals surface area (Å²) in [5.74, 6) is 0. The van der Waals surface area contributed by atoms with Gasteiger partial charge in [0.2, 0.25) is 0 Å². The van der Waals surface area contributed by atoms with E-state index in [1.54, 1.807) is 14.2 Å². The van der Waals surface area contributed by atoms with Crippen LogP contribution in [0, 0.1) is 0 Å². The van der Waals surface area contributed by atoms with Crippen LogP contribution in [0.3, 0.4) is 0 Å². The van der Waals surface area contributed by atoms with E-state index >= 15 is 0 Å². The smallest absolute Gasteiger partial charge is 0.377 e. The van der Waals surface area contributed by atoms with Gasteiger partial charge in [0.15, 0.2) is 0 Å². The van der Waals surface area contributed by atoms with Crippen LogP contribution in [0.2, 0.25) is 6.04 Å². The van der Waals surface area contributed by atoms with Gasteiger partial charge in [0.1, 0.15) is 0 Å². The molecule has 0 saturated heterocycles. The molecule has 0 heterocycles. The lowest BCUT2D eigenvalue weighted by Crippen LogP contribution is -2.44. The summed E-state index contributed by atoms with van der Waals surface area (Å²) >= 11 is 0. The summed E-state index contributed by atoms with van der Waals surface area (Å²) in [5, 5.41) is 0. The molecule has 0 aliphatic heterocycles. The molecule has 0 aliphatic rings. The van der Waals surface area contributed by atoms with Gasteiger partial charge in [-0.15, -0.1) is 0 Å². The van der Waals surface area contributed by atoms with Gasteiger partial charge in [0.25, 0.3) is 0 Å². The Bertz CT molecular complexity index is 377. The van der Waals surface area contributed by atoms with E-state index in [0.717, 1.165) is 23.6 Å². The largest absolute Gasteiger partial charge is 0.500 e. The summed E-state index contributed by atoms with van der Waals surface area (Å²) in [7, 11) is 0.793. The Morgan fingerprint density at radius 2 is 1.74 bits per heavy atom. The first-order chi connectivity index (χ1) is 9.14. The Kier molecular flexibility index (Phi) is 6.44. The summed E-state index contributed by atoms with van der Waals surface area (Å²) < 4.78 is 17.2. The fourth-order valence-electron chi connectivity index (χ4n) is 2.00. The first-order valence-corrected chi connectivity index (χ1v) is 8.58. The number of benzene rings is 1. The lowest BCUT2D eigenvalue weighted by Gasteiger charge is -2.30. The monoisotopic (exact) mass is 280 g/mol. The van der Waals surface area contributed by atoms with E-state index in [1.807, 2.05) is 25.1 Å². The maximum Gasteiger partial charge on any atom is 0.500 e. The molecule has 106 valence electrons. The molecule has 1 aromatic rings. The highest BCUT2D eigenvalue weighted by atomic mass is 28.4. The second kappa shape index (κ2) is 7.60. The average Bonchev–Trinajstić information content (AvgIpc) is 2.50. The molecule has 0 N–H and O–H groups in total. The molecular formula is C15H24O3Si. The van der Waals surface area contributed by atoms with Gasteiger partial charge in [-0.25, -0.2) is 0 Å². The van der Waals surface area contributed by atoms with Crippen LogP contribution in [0.5, 0.6) is 0 Å². The van der Waals surface area contributed by atoms with Crippen LogP contribution < -0.4 is 0 Å². The van der Waals surface area contributed by atoms with E-state index < -0.39 is 8.80 Å². The molecular weight excluding hydrogens is 256 g/mol. The number of hydrogen-bond donors (Lipinski definition) is 0. The van der Waals surface area contributed by atoms with Crippen LogP contribution in [-0.2, 0) is 13.3 Å². The molecule has 0 spiro atoms. The molecule has 1 aromatic carbocycles. The Morgan fingerprint density at radius 1 is 1.16 bits per heavy atom. The van der Waals surface area contributed by atoms with Crippen molar-refractivity contribution in [2.75, 3.05) is 14.2 Å². The molecule has 0 aromatic heterocycles. The second-order valence-electron chi connectivity index (χ2n) is 4.33. The molecule has 0 fully saturated rings. The van der Waals surface area contributed by atoms with Crippen LogP contribution >= 0.6 is 0 Å². The molecule has 0 amide bonds. The minimum Gasteiger partial charge on any atom is -0.377 e. The van der Waals surface area contributed by atoms with E-state index in [4.69, 9.17) is 13.3 Å². The molecule has 1 rings (SSSR count). The molecule has 19 heavy (non-hydrogen) atoms. The summed E-state index contributed by atoms with van der Waals surface area (Å²) in [6, 6.07) is 9.00. The van der Waals surface area contributed by atoms with Crippen LogP contribution in [0.1, 0.15) is 37.5 Å². The Balaban J connectivity index is 2.89. The van der Waals surface area contributed by atoms with Crippen LogP contribution in [-0.4, -0.2) is 23.0 Å². The molecule has 4 heteroatoms. The van der Waals surface area contributed by atoms with Crippen LogP contribution in [0.4, 0.5) is 0 Å². The zero-order valence-electron chi connectivity index (χ0n) is 12.3. The summed E-state index contributed by atoms with van der Waals surface area (Å²) in [5.41, 5.74) is 2.25. The van der Waals surface area contributed by atoms with Crippen molar-refractivity contribution in [2.24, 2.45) is 0 Å². The van der Waals surface area contributed by atoms with Crippen molar-refractivity contribution in [2.45, 2.75) is 32.4 Å². The molecule has 0 saturated carbocycles. The van der Waals surface area contributed by atoms with E-state index in [1.165, 1.54) is 0 Å². The Labute approximate surface area is 117 Å². The first kappa shape index (κ1) is 16.1. The minimum atomic E-state index is -2.53. The van der Waals surface area contributed by atoms with Crippen molar-refractivity contribution in [3.05, 3.63) is 42.0 Å². The summed E-state index contributed by atoms with van der Waals surface area (Å²) in [6.07, 6.45) is 2.72. The maximum atomic E-state index is 6.16. The Hall–Kier alpha value is -0.943. The Morgan fingerprint density at radius 3 is 2.11 bits per heavy atom. The lowest BCUT2D eigenvalue weighted by molar-refractivity contribution is 0.0536. The fraction of sp³-hybridized carbons (Fsp3) is 0.467. The van der Waals surface area contributed by atoms with Gasteiger partial charge in [-0.1, -0.05) is 50.8 Å². The van der Waals surface area contributed by atoms with Gasteiger partial charge in [0.05, 0.1) is 6.10 Å². The lowest BCUT2D eigenvalue weighted by atomic mass is 10.1. The zero-order valence-corrected chi connectivity index (χ0v) is 13.3.